The lowest BCUT2D eigenvalue weighted by atomic mass is 10.5. The van der Waals surface area contributed by atoms with Crippen molar-refractivity contribution >= 4 is 11.9 Å². The first-order chi connectivity index (χ1) is 7.22. The first kappa shape index (κ1) is 11.2. The minimum atomic E-state index is -0.615. The summed E-state index contributed by atoms with van der Waals surface area (Å²) in [7, 11) is 0. The molecule has 0 aliphatic heterocycles. The zero-order valence-corrected chi connectivity index (χ0v) is 8.75. The second-order valence-corrected chi connectivity index (χ2v) is 2.71. The molecule has 1 aromatic rings. The number of ether oxygens (including phenoxy) is 1. The molecule has 0 unspecified atom stereocenters. The molecule has 1 aromatic heterocycles. The van der Waals surface area contributed by atoms with Crippen molar-refractivity contribution in [3.05, 3.63) is 30.6 Å². The Morgan fingerprint density at radius 2 is 2.00 bits per heavy atom. The van der Waals surface area contributed by atoms with Crippen LogP contribution in [0.2, 0.25) is 0 Å². The average Bonchev–Trinajstić information content (AvgIpc) is 2.19. The summed E-state index contributed by atoms with van der Waals surface area (Å²) in [6, 6.07) is 5.55. The normalized spacial score (nSPS) is 12.7. The van der Waals surface area contributed by atoms with Gasteiger partial charge in [0, 0.05) is 24.2 Å². The van der Waals surface area contributed by atoms with Gasteiger partial charge >= 0.3 is 0 Å². The SMILES string of the molecule is CCOC([O-])=N/C(C)=N/[n+]1ccccc1. The van der Waals surface area contributed by atoms with Crippen LogP contribution in [0.25, 0.3) is 0 Å². The van der Waals surface area contributed by atoms with E-state index in [2.05, 4.69) is 14.8 Å². The van der Waals surface area contributed by atoms with Crippen LogP contribution in [-0.2, 0) is 4.74 Å². The molecule has 0 aliphatic carbocycles. The Morgan fingerprint density at radius 1 is 1.33 bits per heavy atom. The van der Waals surface area contributed by atoms with E-state index < -0.39 is 6.08 Å². The monoisotopic (exact) mass is 207 g/mol. The maximum absolute atomic E-state index is 11.0. The number of aromatic nitrogens is 1. The van der Waals surface area contributed by atoms with Crippen molar-refractivity contribution in [2.75, 3.05) is 6.61 Å². The van der Waals surface area contributed by atoms with Crippen molar-refractivity contribution in [2.45, 2.75) is 13.8 Å². The van der Waals surface area contributed by atoms with Gasteiger partial charge in [-0.2, -0.15) is 0 Å². The molecule has 5 nitrogen and oxygen atoms in total. The number of amidine groups is 1. The molecular formula is C10H13N3O2. The third kappa shape index (κ3) is 4.21. The molecule has 0 bridgehead atoms. The summed E-state index contributed by atoms with van der Waals surface area (Å²) in [5.41, 5.74) is 0. The Balaban J connectivity index is 2.72. The summed E-state index contributed by atoms with van der Waals surface area (Å²) < 4.78 is 6.22. The Labute approximate surface area is 88.4 Å². The highest BCUT2D eigenvalue weighted by molar-refractivity contribution is 5.88. The van der Waals surface area contributed by atoms with E-state index in [9.17, 15) is 5.11 Å². The fraction of sp³-hybridized carbons (Fsp3) is 0.300. The minimum Gasteiger partial charge on any atom is -0.600 e. The molecule has 0 spiro atoms. The zero-order valence-electron chi connectivity index (χ0n) is 8.75. The van der Waals surface area contributed by atoms with E-state index in [4.69, 9.17) is 0 Å². The third-order valence-electron chi connectivity index (χ3n) is 1.48. The van der Waals surface area contributed by atoms with Crippen LogP contribution in [0.5, 0.6) is 0 Å². The van der Waals surface area contributed by atoms with E-state index in [1.807, 2.05) is 18.2 Å². The van der Waals surface area contributed by atoms with Crippen LogP contribution in [0.3, 0.4) is 0 Å². The van der Waals surface area contributed by atoms with E-state index in [0.29, 0.717) is 12.4 Å². The first-order valence-corrected chi connectivity index (χ1v) is 4.62. The largest absolute Gasteiger partial charge is 0.600 e. The quantitative estimate of drug-likeness (QED) is 0.386. The van der Waals surface area contributed by atoms with Crippen LogP contribution < -0.4 is 9.78 Å². The topological polar surface area (TPSA) is 60.9 Å². The molecule has 0 radical (unpaired) electrons. The molecule has 0 saturated carbocycles. The van der Waals surface area contributed by atoms with E-state index in [0.717, 1.165) is 0 Å². The number of hydrogen-bond donors (Lipinski definition) is 0. The maximum Gasteiger partial charge on any atom is 0.202 e. The summed E-state index contributed by atoms with van der Waals surface area (Å²) in [5.74, 6) is 0.352. The summed E-state index contributed by atoms with van der Waals surface area (Å²) in [5, 5.41) is 15.0. The highest BCUT2D eigenvalue weighted by atomic mass is 16.6. The summed E-state index contributed by atoms with van der Waals surface area (Å²) in [6.07, 6.45) is 2.89. The van der Waals surface area contributed by atoms with Crippen LogP contribution in [-0.4, -0.2) is 18.5 Å². The fourth-order valence-corrected chi connectivity index (χ4v) is 0.934. The number of nitrogens with zero attached hydrogens (tertiary/aromatic N) is 3. The molecule has 0 fully saturated rings. The van der Waals surface area contributed by atoms with Gasteiger partial charge in [-0.15, -0.1) is 0 Å². The summed E-state index contributed by atoms with van der Waals surface area (Å²) in [6.45, 7) is 3.68. The predicted octanol–water partition coefficient (Wildman–Crippen LogP) is -0.0916. The molecule has 1 rings (SSSR count). The molecule has 0 N–H and O–H groups in total. The standard InChI is InChI=1S/C10H13N3O2/c1-3-15-10(14)11-9(2)12-13-7-5-4-6-8-13/h4-8H,3H2,1-2H3. The molecule has 0 aliphatic rings. The lowest BCUT2D eigenvalue weighted by Gasteiger charge is -2.08. The van der Waals surface area contributed by atoms with Gasteiger partial charge in [-0.1, -0.05) is 17.7 Å². The molecule has 0 atom stereocenters. The predicted molar refractivity (Wildman–Crippen MR) is 54.2 cm³/mol. The Hall–Kier alpha value is -1.91. The highest BCUT2D eigenvalue weighted by Crippen LogP contribution is 1.82. The van der Waals surface area contributed by atoms with Crippen molar-refractivity contribution in [3.8, 4) is 0 Å². The number of aliphatic imine (C=N–C) groups is 1. The van der Waals surface area contributed by atoms with E-state index in [1.54, 1.807) is 30.9 Å². The maximum atomic E-state index is 11.0. The summed E-state index contributed by atoms with van der Waals surface area (Å²) in [4.78, 5) is 3.63. The first-order valence-electron chi connectivity index (χ1n) is 4.62. The number of rotatable bonds is 2. The van der Waals surface area contributed by atoms with E-state index in [-0.39, 0.29) is 0 Å². The molecule has 0 amide bonds. The van der Waals surface area contributed by atoms with Crippen LogP contribution in [0.15, 0.2) is 40.7 Å². The Bertz CT molecular complexity index is 360. The lowest BCUT2D eigenvalue weighted by Crippen LogP contribution is -2.28. The number of pyridine rings is 1. The molecule has 80 valence electrons. The smallest absolute Gasteiger partial charge is 0.202 e. The molecule has 1 heterocycles. The van der Waals surface area contributed by atoms with Gasteiger partial charge in [-0.3, -0.25) is 0 Å². The minimum absolute atomic E-state index is 0.314. The van der Waals surface area contributed by atoms with Gasteiger partial charge in [-0.05, 0) is 6.61 Å². The van der Waals surface area contributed by atoms with Crippen molar-refractivity contribution in [1.29, 1.82) is 0 Å². The van der Waals surface area contributed by atoms with Crippen molar-refractivity contribution < 1.29 is 14.5 Å². The van der Waals surface area contributed by atoms with Crippen molar-refractivity contribution in [1.82, 2.24) is 0 Å². The van der Waals surface area contributed by atoms with Gasteiger partial charge in [0.1, 0.15) is 0 Å². The molecule has 5 heteroatoms. The number of hydrogen-bond acceptors (Lipinski definition) is 3. The molecule has 0 saturated heterocycles. The Kier molecular flexibility index (Phi) is 4.28. The third-order valence-corrected chi connectivity index (χ3v) is 1.48. The zero-order chi connectivity index (χ0) is 11.1. The molecule has 0 aromatic carbocycles. The molecule has 15 heavy (non-hydrogen) atoms. The van der Waals surface area contributed by atoms with Crippen LogP contribution >= 0.6 is 0 Å². The van der Waals surface area contributed by atoms with Gasteiger partial charge < -0.3 is 9.84 Å². The average molecular weight is 207 g/mol. The fourth-order valence-electron chi connectivity index (χ4n) is 0.934. The van der Waals surface area contributed by atoms with Gasteiger partial charge in [-0.25, -0.2) is 4.99 Å². The lowest BCUT2D eigenvalue weighted by molar-refractivity contribution is -0.679. The molecular weight excluding hydrogens is 194 g/mol. The summed E-state index contributed by atoms with van der Waals surface area (Å²) >= 11 is 0. The van der Waals surface area contributed by atoms with Crippen molar-refractivity contribution in [3.63, 3.8) is 0 Å². The van der Waals surface area contributed by atoms with Gasteiger partial charge in [0.05, 0.1) is 0 Å². The van der Waals surface area contributed by atoms with Crippen molar-refractivity contribution in [2.24, 2.45) is 10.1 Å². The van der Waals surface area contributed by atoms with Gasteiger partial charge in [0.15, 0.2) is 11.9 Å². The second-order valence-electron chi connectivity index (χ2n) is 2.71. The van der Waals surface area contributed by atoms with E-state index in [1.165, 1.54) is 0 Å². The van der Waals surface area contributed by atoms with Crippen LogP contribution in [0.1, 0.15) is 13.8 Å². The van der Waals surface area contributed by atoms with Crippen LogP contribution in [0.4, 0.5) is 0 Å². The van der Waals surface area contributed by atoms with E-state index >= 15 is 0 Å². The van der Waals surface area contributed by atoms with Crippen LogP contribution in [0, 0.1) is 0 Å². The second kappa shape index (κ2) is 5.74. The highest BCUT2D eigenvalue weighted by Gasteiger charge is 1.96. The Morgan fingerprint density at radius 3 is 2.60 bits per heavy atom. The van der Waals surface area contributed by atoms with Gasteiger partial charge in [0.25, 0.3) is 0 Å². The van der Waals surface area contributed by atoms with Gasteiger partial charge in [0.2, 0.25) is 12.4 Å².